The van der Waals surface area contributed by atoms with Crippen molar-refractivity contribution in [3.05, 3.63) is 64.6 Å². The predicted molar refractivity (Wildman–Crippen MR) is 132 cm³/mol. The van der Waals surface area contributed by atoms with Crippen LogP contribution in [0.25, 0.3) is 0 Å². The summed E-state index contributed by atoms with van der Waals surface area (Å²) in [5.41, 5.74) is 0.845. The molecular weight excluding hydrogens is 488 g/mol. The molecule has 0 aliphatic carbocycles. The van der Waals surface area contributed by atoms with E-state index in [9.17, 15) is 9.59 Å². The molecule has 0 saturated heterocycles. The van der Waals surface area contributed by atoms with Crippen LogP contribution in [0.4, 0.5) is 15.1 Å². The molecule has 0 unspecified atom stereocenters. The fourth-order valence-corrected chi connectivity index (χ4v) is 4.58. The summed E-state index contributed by atoms with van der Waals surface area (Å²) >= 11 is 2.71. The first-order chi connectivity index (χ1) is 17.1. The summed E-state index contributed by atoms with van der Waals surface area (Å²) in [7, 11) is 0. The van der Waals surface area contributed by atoms with Crippen LogP contribution in [0.15, 0.2) is 49.1 Å². The summed E-state index contributed by atoms with van der Waals surface area (Å²) in [5, 5.41) is 24.3. The molecule has 13 heteroatoms. The summed E-state index contributed by atoms with van der Waals surface area (Å²) < 4.78 is 5.12. The van der Waals surface area contributed by atoms with Crippen molar-refractivity contribution in [1.29, 1.82) is 0 Å². The Morgan fingerprint density at radius 1 is 0.800 bits per heavy atom. The highest BCUT2D eigenvalue weighted by Gasteiger charge is 2.11. The van der Waals surface area contributed by atoms with E-state index < -0.39 is 6.09 Å². The van der Waals surface area contributed by atoms with Crippen LogP contribution in [-0.2, 0) is 24.1 Å². The lowest BCUT2D eigenvalue weighted by atomic mass is 10.1. The maximum Gasteiger partial charge on any atom is 0.419 e. The summed E-state index contributed by atoms with van der Waals surface area (Å²) in [6.07, 6.45) is 10.4. The van der Waals surface area contributed by atoms with E-state index in [2.05, 4.69) is 41.0 Å². The summed E-state index contributed by atoms with van der Waals surface area (Å²) in [6.45, 7) is 0. The molecule has 2 amide bonds. The van der Waals surface area contributed by atoms with Gasteiger partial charge in [-0.3, -0.25) is 20.1 Å². The van der Waals surface area contributed by atoms with Crippen LogP contribution in [0.2, 0.25) is 0 Å². The molecule has 180 valence electrons. The topological polar surface area (TPSA) is 145 Å². The highest BCUT2D eigenvalue weighted by molar-refractivity contribution is 7.15. The maximum atomic E-state index is 12.1. The molecule has 4 aromatic heterocycles. The lowest BCUT2D eigenvalue weighted by molar-refractivity contribution is -0.115. The number of unbranched alkanes of at least 4 members (excludes halogenated alkanes) is 2. The molecule has 0 fully saturated rings. The Labute approximate surface area is 209 Å². The molecule has 0 bridgehead atoms. The SMILES string of the molecule is O=C(Cc1cccnc1)Nc1nnc(CCCCCc2nnc(NC(=O)Oc3cccnc3)s2)s1. The predicted octanol–water partition coefficient (Wildman–Crippen LogP) is 3.93. The number of carbonyl (C=O) groups excluding carboxylic acids is 2. The van der Waals surface area contributed by atoms with Gasteiger partial charge < -0.3 is 10.1 Å². The van der Waals surface area contributed by atoms with Gasteiger partial charge in [-0.05, 0) is 36.6 Å². The average Bonchev–Trinajstić information content (AvgIpc) is 3.49. The quantitative estimate of drug-likeness (QED) is 0.287. The third kappa shape index (κ3) is 8.15. The second-order valence-corrected chi connectivity index (χ2v) is 9.48. The second kappa shape index (κ2) is 12.6. The molecule has 0 aliphatic rings. The number of amides is 2. The monoisotopic (exact) mass is 510 g/mol. The van der Waals surface area contributed by atoms with Crippen molar-refractivity contribution >= 4 is 44.9 Å². The third-order valence-electron chi connectivity index (χ3n) is 4.60. The number of hydrogen-bond acceptors (Lipinski definition) is 11. The van der Waals surface area contributed by atoms with Crippen molar-refractivity contribution < 1.29 is 14.3 Å². The molecule has 11 nitrogen and oxygen atoms in total. The first-order valence-electron chi connectivity index (χ1n) is 10.9. The zero-order valence-corrected chi connectivity index (χ0v) is 20.2. The molecule has 4 heterocycles. The first-order valence-corrected chi connectivity index (χ1v) is 12.5. The minimum atomic E-state index is -0.634. The summed E-state index contributed by atoms with van der Waals surface area (Å²) in [6, 6.07) is 6.97. The third-order valence-corrected chi connectivity index (χ3v) is 6.40. The fourth-order valence-electron chi connectivity index (χ4n) is 3.02. The van der Waals surface area contributed by atoms with E-state index in [1.807, 2.05) is 6.07 Å². The Morgan fingerprint density at radius 2 is 1.46 bits per heavy atom. The normalized spacial score (nSPS) is 10.6. The Balaban J connectivity index is 1.11. The Kier molecular flexibility index (Phi) is 8.73. The highest BCUT2D eigenvalue weighted by Crippen LogP contribution is 2.20. The van der Waals surface area contributed by atoms with Crippen molar-refractivity contribution in [1.82, 2.24) is 30.4 Å². The minimum Gasteiger partial charge on any atom is -0.408 e. The van der Waals surface area contributed by atoms with Gasteiger partial charge in [-0.25, -0.2) is 4.79 Å². The van der Waals surface area contributed by atoms with Crippen LogP contribution in [0.3, 0.4) is 0 Å². The van der Waals surface area contributed by atoms with Gasteiger partial charge in [0, 0.05) is 31.4 Å². The van der Waals surface area contributed by atoms with Gasteiger partial charge in [0.15, 0.2) is 5.75 Å². The molecule has 4 rings (SSSR count). The minimum absolute atomic E-state index is 0.142. The van der Waals surface area contributed by atoms with E-state index in [0.29, 0.717) is 16.0 Å². The maximum absolute atomic E-state index is 12.1. The number of ether oxygens (including phenoxy) is 1. The number of rotatable bonds is 11. The van der Waals surface area contributed by atoms with Crippen molar-refractivity contribution in [2.45, 2.75) is 38.5 Å². The van der Waals surface area contributed by atoms with Gasteiger partial charge in [-0.2, -0.15) is 0 Å². The standard InChI is InChI=1S/C22H22N8O3S2/c31-17(12-15-6-4-10-23-13-15)25-20-29-27-18(34-20)8-2-1-3-9-19-28-30-21(35-19)26-22(32)33-16-7-5-11-24-14-16/h4-7,10-11,13-14H,1-3,8-9,12H2,(H,25,29,31)(H,26,30,32). The van der Waals surface area contributed by atoms with Crippen LogP contribution in [0, 0.1) is 0 Å². The number of pyridine rings is 2. The number of carbonyl (C=O) groups is 2. The molecule has 0 radical (unpaired) electrons. The summed E-state index contributed by atoms with van der Waals surface area (Å²) in [5.74, 6) is 0.210. The molecule has 0 spiro atoms. The lowest BCUT2D eigenvalue weighted by Crippen LogP contribution is -2.16. The Bertz CT molecular complexity index is 1140. The van der Waals surface area contributed by atoms with Crippen molar-refractivity contribution in [2.75, 3.05) is 10.6 Å². The van der Waals surface area contributed by atoms with E-state index in [0.717, 1.165) is 47.7 Å². The average molecular weight is 511 g/mol. The van der Waals surface area contributed by atoms with Crippen molar-refractivity contribution in [2.24, 2.45) is 0 Å². The number of anilines is 2. The van der Waals surface area contributed by atoms with E-state index in [4.69, 9.17) is 4.74 Å². The number of nitrogens with zero attached hydrogens (tertiary/aromatic N) is 6. The largest absolute Gasteiger partial charge is 0.419 e. The van der Waals surface area contributed by atoms with Gasteiger partial charge >= 0.3 is 6.09 Å². The number of aryl methyl sites for hydroxylation is 2. The Morgan fingerprint density at radius 3 is 2.09 bits per heavy atom. The Hall–Kier alpha value is -3.84. The van der Waals surface area contributed by atoms with Gasteiger partial charge in [-0.15, -0.1) is 20.4 Å². The number of aromatic nitrogens is 6. The second-order valence-electron chi connectivity index (χ2n) is 7.35. The van der Waals surface area contributed by atoms with Crippen LogP contribution in [0.5, 0.6) is 5.75 Å². The van der Waals surface area contributed by atoms with E-state index in [1.165, 1.54) is 28.9 Å². The van der Waals surface area contributed by atoms with Gasteiger partial charge in [0.2, 0.25) is 16.2 Å². The lowest BCUT2D eigenvalue weighted by Gasteiger charge is -2.02. The smallest absolute Gasteiger partial charge is 0.408 e. The van der Waals surface area contributed by atoms with Gasteiger partial charge in [0.1, 0.15) is 10.0 Å². The van der Waals surface area contributed by atoms with Crippen LogP contribution < -0.4 is 15.4 Å². The van der Waals surface area contributed by atoms with Gasteiger partial charge in [0.25, 0.3) is 0 Å². The molecule has 0 atom stereocenters. The molecule has 4 aromatic rings. The van der Waals surface area contributed by atoms with Gasteiger partial charge in [0.05, 0.1) is 12.6 Å². The molecule has 0 aliphatic heterocycles. The first kappa shape index (κ1) is 24.3. The molecule has 0 saturated carbocycles. The molecule has 2 N–H and O–H groups in total. The zero-order chi connectivity index (χ0) is 24.3. The van der Waals surface area contributed by atoms with E-state index in [1.54, 1.807) is 36.8 Å². The van der Waals surface area contributed by atoms with Crippen molar-refractivity contribution in [3.63, 3.8) is 0 Å². The van der Waals surface area contributed by atoms with Crippen LogP contribution in [-0.4, -0.2) is 42.4 Å². The fraction of sp³-hybridized carbons (Fsp3) is 0.273. The molecular formula is C22H22N8O3S2. The number of hydrogen-bond donors (Lipinski definition) is 2. The van der Waals surface area contributed by atoms with Crippen molar-refractivity contribution in [3.8, 4) is 5.75 Å². The van der Waals surface area contributed by atoms with Crippen LogP contribution in [0.1, 0.15) is 34.8 Å². The molecule has 0 aromatic carbocycles. The summed E-state index contributed by atoms with van der Waals surface area (Å²) in [4.78, 5) is 31.9. The van der Waals surface area contributed by atoms with E-state index >= 15 is 0 Å². The van der Waals surface area contributed by atoms with Crippen LogP contribution >= 0.6 is 22.7 Å². The van der Waals surface area contributed by atoms with E-state index in [-0.39, 0.29) is 12.3 Å². The highest BCUT2D eigenvalue weighted by atomic mass is 32.1. The number of nitrogens with one attached hydrogen (secondary N) is 2. The zero-order valence-electron chi connectivity index (χ0n) is 18.6. The molecule has 35 heavy (non-hydrogen) atoms. The van der Waals surface area contributed by atoms with Gasteiger partial charge in [-0.1, -0.05) is 35.2 Å².